The first-order valence-electron chi connectivity index (χ1n) is 5.21. The van der Waals surface area contributed by atoms with Crippen LogP contribution in [-0.4, -0.2) is 44.1 Å². The zero-order valence-electron chi connectivity index (χ0n) is 9.63. The lowest BCUT2D eigenvalue weighted by molar-refractivity contribution is 0.0128. The maximum absolute atomic E-state index is 11.9. The Morgan fingerprint density at radius 2 is 2.17 bits per heavy atom. The van der Waals surface area contributed by atoms with Crippen molar-refractivity contribution in [2.24, 2.45) is 0 Å². The van der Waals surface area contributed by atoms with Gasteiger partial charge >= 0.3 is 10.2 Å². The SMILES string of the molecule is COC1CN(S(=O)(=O)Nc2cc(O)ccc2Cl)C1. The molecule has 18 heavy (non-hydrogen) atoms. The van der Waals surface area contributed by atoms with Crippen molar-refractivity contribution >= 4 is 27.5 Å². The van der Waals surface area contributed by atoms with E-state index in [0.29, 0.717) is 13.1 Å². The summed E-state index contributed by atoms with van der Waals surface area (Å²) in [6.45, 7) is 0.616. The molecule has 0 atom stereocenters. The molecule has 100 valence electrons. The number of nitrogens with zero attached hydrogens (tertiary/aromatic N) is 1. The minimum atomic E-state index is -3.65. The van der Waals surface area contributed by atoms with Crippen LogP contribution in [0.4, 0.5) is 5.69 Å². The summed E-state index contributed by atoms with van der Waals surface area (Å²) in [6.07, 6.45) is -0.0683. The lowest BCUT2D eigenvalue weighted by atomic mass is 10.2. The van der Waals surface area contributed by atoms with Gasteiger partial charge < -0.3 is 9.84 Å². The van der Waals surface area contributed by atoms with E-state index in [1.54, 1.807) is 0 Å². The molecular formula is C10H13ClN2O4S. The maximum Gasteiger partial charge on any atom is 0.301 e. The van der Waals surface area contributed by atoms with Crippen molar-refractivity contribution in [1.29, 1.82) is 0 Å². The third kappa shape index (κ3) is 2.69. The molecule has 8 heteroatoms. The van der Waals surface area contributed by atoms with Crippen LogP contribution in [0.25, 0.3) is 0 Å². The molecule has 1 aromatic carbocycles. The Balaban J connectivity index is 2.11. The Labute approximate surface area is 110 Å². The van der Waals surface area contributed by atoms with Crippen molar-refractivity contribution in [2.75, 3.05) is 24.9 Å². The van der Waals surface area contributed by atoms with Gasteiger partial charge in [0.15, 0.2) is 0 Å². The maximum atomic E-state index is 11.9. The first-order valence-corrected chi connectivity index (χ1v) is 7.03. The summed E-state index contributed by atoms with van der Waals surface area (Å²) in [5, 5.41) is 9.52. The van der Waals surface area contributed by atoms with E-state index < -0.39 is 10.2 Å². The molecule has 1 aliphatic rings. The fourth-order valence-electron chi connectivity index (χ4n) is 1.54. The Morgan fingerprint density at radius 3 is 2.78 bits per heavy atom. The second kappa shape index (κ2) is 4.93. The zero-order valence-corrected chi connectivity index (χ0v) is 11.2. The predicted octanol–water partition coefficient (Wildman–Crippen LogP) is 1.03. The number of benzene rings is 1. The highest BCUT2D eigenvalue weighted by molar-refractivity contribution is 7.90. The van der Waals surface area contributed by atoms with Crippen molar-refractivity contribution < 1.29 is 18.3 Å². The van der Waals surface area contributed by atoms with Crippen LogP contribution in [0.5, 0.6) is 5.75 Å². The number of nitrogens with one attached hydrogen (secondary N) is 1. The summed E-state index contributed by atoms with van der Waals surface area (Å²) in [4.78, 5) is 0. The number of aromatic hydroxyl groups is 1. The van der Waals surface area contributed by atoms with Gasteiger partial charge in [0.2, 0.25) is 0 Å². The van der Waals surface area contributed by atoms with Gasteiger partial charge in [-0.25, -0.2) is 0 Å². The molecule has 0 spiro atoms. The minimum Gasteiger partial charge on any atom is -0.508 e. The smallest absolute Gasteiger partial charge is 0.301 e. The van der Waals surface area contributed by atoms with Crippen LogP contribution in [0.3, 0.4) is 0 Å². The van der Waals surface area contributed by atoms with E-state index >= 15 is 0 Å². The third-order valence-corrected chi connectivity index (χ3v) is 4.46. The lowest BCUT2D eigenvalue weighted by Crippen LogP contribution is -2.55. The van der Waals surface area contributed by atoms with Crippen LogP contribution in [0, 0.1) is 0 Å². The van der Waals surface area contributed by atoms with E-state index in [4.69, 9.17) is 16.3 Å². The second-order valence-corrected chi connectivity index (χ2v) is 6.02. The number of methoxy groups -OCH3 is 1. The Kier molecular flexibility index (Phi) is 3.67. The molecule has 1 saturated heterocycles. The number of hydrogen-bond donors (Lipinski definition) is 2. The Morgan fingerprint density at radius 1 is 1.50 bits per heavy atom. The Bertz CT molecular complexity index is 543. The predicted molar refractivity (Wildman–Crippen MR) is 68.0 cm³/mol. The summed E-state index contributed by atoms with van der Waals surface area (Å²) in [5.74, 6) is -0.0597. The molecule has 2 rings (SSSR count). The number of halogens is 1. The van der Waals surface area contributed by atoms with Gasteiger partial charge in [-0.1, -0.05) is 11.6 Å². The number of phenolic OH excluding ortho intramolecular Hbond substituents is 1. The highest BCUT2D eigenvalue weighted by Crippen LogP contribution is 2.28. The first-order chi connectivity index (χ1) is 8.42. The van der Waals surface area contributed by atoms with E-state index in [-0.39, 0.29) is 22.6 Å². The third-order valence-electron chi connectivity index (χ3n) is 2.68. The van der Waals surface area contributed by atoms with Gasteiger partial charge in [0, 0.05) is 26.3 Å². The van der Waals surface area contributed by atoms with Crippen LogP contribution >= 0.6 is 11.6 Å². The van der Waals surface area contributed by atoms with Gasteiger partial charge in [0.05, 0.1) is 16.8 Å². The monoisotopic (exact) mass is 292 g/mol. The summed E-state index contributed by atoms with van der Waals surface area (Å²) >= 11 is 5.84. The fraction of sp³-hybridized carbons (Fsp3) is 0.400. The van der Waals surface area contributed by atoms with E-state index in [0.717, 1.165) is 0 Å². The van der Waals surface area contributed by atoms with Crippen molar-refractivity contribution in [3.05, 3.63) is 23.2 Å². The van der Waals surface area contributed by atoms with Crippen LogP contribution in [0.2, 0.25) is 5.02 Å². The van der Waals surface area contributed by atoms with E-state index in [1.165, 1.54) is 29.6 Å². The highest BCUT2D eigenvalue weighted by Gasteiger charge is 2.36. The number of hydrogen-bond acceptors (Lipinski definition) is 4. The molecule has 1 heterocycles. The zero-order chi connectivity index (χ0) is 13.3. The first kappa shape index (κ1) is 13.4. The van der Waals surface area contributed by atoms with Gasteiger partial charge in [-0.15, -0.1) is 0 Å². The quantitative estimate of drug-likeness (QED) is 0.869. The average molecular weight is 293 g/mol. The normalized spacial score (nSPS) is 17.4. The van der Waals surface area contributed by atoms with Gasteiger partial charge in [-0.3, -0.25) is 4.72 Å². The molecule has 0 unspecified atom stereocenters. The number of ether oxygens (including phenoxy) is 1. The largest absolute Gasteiger partial charge is 0.508 e. The molecule has 1 fully saturated rings. The van der Waals surface area contributed by atoms with Crippen molar-refractivity contribution in [3.8, 4) is 5.75 Å². The summed E-state index contributed by atoms with van der Waals surface area (Å²) < 4.78 is 32.4. The van der Waals surface area contributed by atoms with Gasteiger partial charge in [0.25, 0.3) is 0 Å². The van der Waals surface area contributed by atoms with E-state index in [9.17, 15) is 13.5 Å². The fourth-order valence-corrected chi connectivity index (χ4v) is 3.06. The molecular weight excluding hydrogens is 280 g/mol. The number of phenols is 1. The van der Waals surface area contributed by atoms with Crippen molar-refractivity contribution in [3.63, 3.8) is 0 Å². The van der Waals surface area contributed by atoms with Crippen molar-refractivity contribution in [2.45, 2.75) is 6.10 Å². The minimum absolute atomic E-state index is 0.0597. The van der Waals surface area contributed by atoms with Gasteiger partial charge in [-0.2, -0.15) is 12.7 Å². The van der Waals surface area contributed by atoms with Gasteiger partial charge in [-0.05, 0) is 12.1 Å². The second-order valence-electron chi connectivity index (χ2n) is 3.95. The molecule has 1 aliphatic heterocycles. The van der Waals surface area contributed by atoms with Crippen molar-refractivity contribution in [1.82, 2.24) is 4.31 Å². The molecule has 1 aromatic rings. The standard InChI is InChI=1S/C10H13ClN2O4S/c1-17-8-5-13(6-8)18(15,16)12-10-4-7(14)2-3-9(10)11/h2-4,8,12,14H,5-6H2,1H3. The van der Waals surface area contributed by atoms with E-state index in [1.807, 2.05) is 0 Å². The summed E-state index contributed by atoms with van der Waals surface area (Å²) in [5.41, 5.74) is 0.150. The highest BCUT2D eigenvalue weighted by atomic mass is 35.5. The molecule has 6 nitrogen and oxygen atoms in total. The topological polar surface area (TPSA) is 78.9 Å². The van der Waals surface area contributed by atoms with Crippen LogP contribution in [0.15, 0.2) is 18.2 Å². The summed E-state index contributed by atoms with van der Waals surface area (Å²) in [6, 6.07) is 4.06. The number of rotatable bonds is 4. The van der Waals surface area contributed by atoms with E-state index in [2.05, 4.69) is 4.72 Å². The molecule has 0 amide bonds. The van der Waals surface area contributed by atoms with Crippen LogP contribution in [0.1, 0.15) is 0 Å². The number of anilines is 1. The van der Waals surface area contributed by atoms with Gasteiger partial charge in [0.1, 0.15) is 5.75 Å². The molecule has 0 saturated carbocycles. The van der Waals surface area contributed by atoms with Crippen LogP contribution < -0.4 is 4.72 Å². The summed E-state index contributed by atoms with van der Waals surface area (Å²) in [7, 11) is -2.12. The Hall–Kier alpha value is -1.02. The molecule has 0 aliphatic carbocycles. The molecule has 0 radical (unpaired) electrons. The molecule has 2 N–H and O–H groups in total. The van der Waals surface area contributed by atoms with Crippen LogP contribution in [-0.2, 0) is 14.9 Å². The molecule has 0 aromatic heterocycles. The molecule has 0 bridgehead atoms. The average Bonchev–Trinajstić information content (AvgIpc) is 2.21. The lowest BCUT2D eigenvalue weighted by Gasteiger charge is -2.36.